The molecule has 0 spiro atoms. The van der Waals surface area contributed by atoms with Gasteiger partial charge in [0.2, 0.25) is 17.7 Å². The minimum Gasteiger partial charge on any atom is -0.472 e. The van der Waals surface area contributed by atoms with E-state index in [4.69, 9.17) is 4.74 Å². The minimum absolute atomic E-state index is 0.0239. The van der Waals surface area contributed by atoms with E-state index < -0.39 is 15.4 Å². The molecule has 44 heavy (non-hydrogen) atoms. The largest absolute Gasteiger partial charge is 0.472 e. The summed E-state index contributed by atoms with van der Waals surface area (Å²) >= 11 is 0. The third kappa shape index (κ3) is 5.66. The molecule has 1 atom stereocenters. The molecular formula is C32H35FN6O4S. The molecule has 1 amide bonds. The van der Waals surface area contributed by atoms with Crippen molar-refractivity contribution in [3.8, 4) is 17.1 Å². The van der Waals surface area contributed by atoms with Crippen molar-refractivity contribution in [1.82, 2.24) is 24.6 Å². The van der Waals surface area contributed by atoms with Gasteiger partial charge < -0.3 is 9.64 Å². The smallest absolute Gasteiger partial charge is 0.267 e. The monoisotopic (exact) mass is 618 g/mol. The highest BCUT2D eigenvalue weighted by atomic mass is 32.2. The van der Waals surface area contributed by atoms with Gasteiger partial charge in [-0.15, -0.1) is 0 Å². The summed E-state index contributed by atoms with van der Waals surface area (Å²) in [7, 11) is -2.39. The van der Waals surface area contributed by atoms with Crippen molar-refractivity contribution in [2.45, 2.75) is 62.4 Å². The molecule has 2 fully saturated rings. The number of anilines is 1. The average Bonchev–Trinajstić information content (AvgIpc) is 3.75. The van der Waals surface area contributed by atoms with E-state index in [2.05, 4.69) is 19.8 Å². The molecule has 1 saturated heterocycles. The molecule has 2 aromatic carbocycles. The summed E-state index contributed by atoms with van der Waals surface area (Å²) in [5, 5.41) is 3.96. The van der Waals surface area contributed by atoms with E-state index >= 15 is 0 Å². The highest BCUT2D eigenvalue weighted by molar-refractivity contribution is 7.92. The molecule has 3 heterocycles. The van der Waals surface area contributed by atoms with Gasteiger partial charge in [-0.1, -0.05) is 49.2 Å². The number of aryl methyl sites for hydroxylation is 3. The standard InChI is InChI=1S/C32H35FN6O4S/c1-21-9-8-10-22(2)29(21)27-17-28(36-31(35-27)37-44(41,42)24-18-34-38(3)20-24)43-23-13-16-39(19-23)30(40)32(14-6-7-15-32)25-11-4-5-12-26(25)33/h4-5,8-12,17-18,20,23H,6-7,13-16,19H2,1-3H3,(H,35,36,37). The summed E-state index contributed by atoms with van der Waals surface area (Å²) in [4.78, 5) is 24.7. The van der Waals surface area contributed by atoms with E-state index in [0.29, 0.717) is 43.6 Å². The van der Waals surface area contributed by atoms with Crippen LogP contribution in [0.1, 0.15) is 48.8 Å². The third-order valence-electron chi connectivity index (χ3n) is 8.63. The van der Waals surface area contributed by atoms with Crippen LogP contribution in [0.15, 0.2) is 65.8 Å². The lowest BCUT2D eigenvalue weighted by atomic mass is 9.77. The van der Waals surface area contributed by atoms with E-state index in [1.807, 2.05) is 32.0 Å². The molecule has 0 bridgehead atoms. The molecule has 2 aliphatic rings. The maximum absolute atomic E-state index is 14.9. The molecule has 1 N–H and O–H groups in total. The fourth-order valence-electron chi connectivity index (χ4n) is 6.50. The molecule has 230 valence electrons. The van der Waals surface area contributed by atoms with Crippen molar-refractivity contribution in [1.29, 1.82) is 0 Å². The zero-order valence-electron chi connectivity index (χ0n) is 25.0. The van der Waals surface area contributed by atoms with Crippen LogP contribution in [0.25, 0.3) is 11.3 Å². The van der Waals surface area contributed by atoms with Gasteiger partial charge in [0.15, 0.2) is 0 Å². The first-order valence-corrected chi connectivity index (χ1v) is 16.2. The van der Waals surface area contributed by atoms with Crippen LogP contribution in [-0.4, -0.2) is 58.2 Å². The number of amides is 1. The Balaban J connectivity index is 1.28. The summed E-state index contributed by atoms with van der Waals surface area (Å²) in [5.74, 6) is -0.379. The predicted molar refractivity (Wildman–Crippen MR) is 163 cm³/mol. The topological polar surface area (TPSA) is 119 Å². The van der Waals surface area contributed by atoms with E-state index in [9.17, 15) is 17.6 Å². The zero-order chi connectivity index (χ0) is 31.1. The second-order valence-corrected chi connectivity index (χ2v) is 13.4. The van der Waals surface area contributed by atoms with Crippen molar-refractivity contribution < 1.29 is 22.3 Å². The number of sulfonamides is 1. The number of nitrogens with one attached hydrogen (secondary N) is 1. The number of rotatable bonds is 8. The Morgan fingerprint density at radius 2 is 1.80 bits per heavy atom. The van der Waals surface area contributed by atoms with E-state index in [0.717, 1.165) is 29.5 Å². The summed E-state index contributed by atoms with van der Waals surface area (Å²) in [6, 6.07) is 14.1. The molecule has 12 heteroatoms. The summed E-state index contributed by atoms with van der Waals surface area (Å²) in [6.45, 7) is 4.70. The van der Waals surface area contributed by atoms with Gasteiger partial charge in [-0.2, -0.15) is 10.1 Å². The van der Waals surface area contributed by atoms with Crippen LogP contribution in [0.5, 0.6) is 5.88 Å². The number of benzene rings is 2. The summed E-state index contributed by atoms with van der Waals surface area (Å²) in [5.41, 5.74) is 2.86. The zero-order valence-corrected chi connectivity index (χ0v) is 25.8. The number of halogens is 1. The van der Waals surface area contributed by atoms with Gasteiger partial charge >= 0.3 is 0 Å². The first kappa shape index (κ1) is 29.7. The maximum Gasteiger partial charge on any atom is 0.267 e. The fraction of sp³-hybridized carbons (Fsp3) is 0.375. The quantitative estimate of drug-likeness (QED) is 0.298. The molecule has 4 aromatic rings. The van der Waals surface area contributed by atoms with E-state index in [1.165, 1.54) is 23.1 Å². The van der Waals surface area contributed by atoms with Gasteiger partial charge in [0.05, 0.1) is 23.9 Å². The molecule has 1 aliphatic carbocycles. The van der Waals surface area contributed by atoms with Crippen molar-refractivity contribution >= 4 is 21.9 Å². The molecule has 1 saturated carbocycles. The van der Waals surface area contributed by atoms with Gasteiger partial charge in [0.25, 0.3) is 10.0 Å². The average molecular weight is 619 g/mol. The Bertz CT molecular complexity index is 1800. The number of carbonyl (C=O) groups excluding carboxylic acids is 1. The van der Waals surface area contributed by atoms with E-state index in [1.54, 1.807) is 36.2 Å². The second-order valence-electron chi connectivity index (χ2n) is 11.7. The Labute approximate surface area is 256 Å². The SMILES string of the molecule is Cc1cccc(C)c1-c1cc(OC2CCN(C(=O)C3(c4ccccc4F)CCCC3)C2)nc(NS(=O)(=O)c2cnn(C)c2)n1. The van der Waals surface area contributed by atoms with Crippen LogP contribution in [0.3, 0.4) is 0 Å². The maximum atomic E-state index is 14.9. The number of ether oxygens (including phenoxy) is 1. The number of carbonyl (C=O) groups is 1. The van der Waals surface area contributed by atoms with Crippen molar-refractivity contribution in [2.24, 2.45) is 7.05 Å². The first-order chi connectivity index (χ1) is 21.1. The second kappa shape index (κ2) is 11.6. The molecule has 6 rings (SSSR count). The lowest BCUT2D eigenvalue weighted by Gasteiger charge is -2.33. The molecular weight excluding hydrogens is 583 g/mol. The van der Waals surface area contributed by atoms with Gasteiger partial charge in [-0.05, 0) is 43.9 Å². The normalized spacial score (nSPS) is 18.0. The Morgan fingerprint density at radius 1 is 1.07 bits per heavy atom. The lowest BCUT2D eigenvalue weighted by Crippen LogP contribution is -2.45. The van der Waals surface area contributed by atoms with Crippen LogP contribution < -0.4 is 9.46 Å². The molecule has 2 aromatic heterocycles. The predicted octanol–water partition coefficient (Wildman–Crippen LogP) is 4.93. The van der Waals surface area contributed by atoms with Crippen molar-refractivity contribution in [2.75, 3.05) is 17.8 Å². The first-order valence-electron chi connectivity index (χ1n) is 14.7. The number of hydrogen-bond donors (Lipinski definition) is 1. The summed E-state index contributed by atoms with van der Waals surface area (Å²) < 4.78 is 51.3. The van der Waals surface area contributed by atoms with Crippen LogP contribution in [-0.2, 0) is 27.3 Å². The number of hydrogen-bond acceptors (Lipinski definition) is 7. The summed E-state index contributed by atoms with van der Waals surface area (Å²) in [6.07, 6.45) is 5.76. The number of likely N-dealkylation sites (tertiary alicyclic amines) is 1. The van der Waals surface area contributed by atoms with Crippen molar-refractivity contribution in [3.05, 3.63) is 83.4 Å². The van der Waals surface area contributed by atoms with Crippen LogP contribution in [0.4, 0.5) is 10.3 Å². The number of aromatic nitrogens is 4. The van der Waals surface area contributed by atoms with Crippen molar-refractivity contribution in [3.63, 3.8) is 0 Å². The fourth-order valence-corrected chi connectivity index (χ4v) is 7.43. The molecule has 1 unspecified atom stereocenters. The molecule has 0 radical (unpaired) electrons. The van der Waals surface area contributed by atoms with Crippen LogP contribution in [0.2, 0.25) is 0 Å². The Hall–Kier alpha value is -4.32. The highest BCUT2D eigenvalue weighted by Crippen LogP contribution is 2.44. The number of nitrogens with zero attached hydrogens (tertiary/aromatic N) is 5. The molecule has 10 nitrogen and oxygen atoms in total. The third-order valence-corrected chi connectivity index (χ3v) is 9.92. The molecule has 1 aliphatic heterocycles. The van der Waals surface area contributed by atoms with Gasteiger partial charge in [-0.25, -0.2) is 22.5 Å². The van der Waals surface area contributed by atoms with Crippen LogP contribution in [0, 0.1) is 19.7 Å². The van der Waals surface area contributed by atoms with Gasteiger partial charge in [0.1, 0.15) is 16.8 Å². The van der Waals surface area contributed by atoms with Crippen LogP contribution >= 0.6 is 0 Å². The highest BCUT2D eigenvalue weighted by Gasteiger charge is 2.47. The van der Waals surface area contributed by atoms with E-state index in [-0.39, 0.29) is 34.6 Å². The minimum atomic E-state index is -4.02. The van der Waals surface area contributed by atoms with Gasteiger partial charge in [-0.3, -0.25) is 9.48 Å². The van der Waals surface area contributed by atoms with Gasteiger partial charge in [0, 0.05) is 43.4 Å². The lowest BCUT2D eigenvalue weighted by molar-refractivity contribution is -0.136. The Morgan fingerprint density at radius 3 is 2.48 bits per heavy atom. The Kier molecular flexibility index (Phi) is 7.87.